The zero-order chi connectivity index (χ0) is 24.8. The second kappa shape index (κ2) is 14.9. The van der Waals surface area contributed by atoms with E-state index >= 15 is 0 Å². The van der Waals surface area contributed by atoms with Crippen molar-refractivity contribution in [1.29, 1.82) is 0 Å². The lowest BCUT2D eigenvalue weighted by molar-refractivity contribution is 0.0377. The first-order valence-corrected chi connectivity index (χ1v) is 11.7. The molecule has 0 N–H and O–H groups in total. The van der Waals surface area contributed by atoms with Gasteiger partial charge in [0.15, 0.2) is 0 Å². The fourth-order valence-corrected chi connectivity index (χ4v) is 2.97. The Bertz CT molecular complexity index is 826. The van der Waals surface area contributed by atoms with Gasteiger partial charge in [0, 0.05) is 38.6 Å². The maximum absolute atomic E-state index is 11.6. The first-order chi connectivity index (χ1) is 15.7. The molecule has 0 radical (unpaired) electrons. The molecule has 0 heterocycles. The third-order valence-corrected chi connectivity index (χ3v) is 4.92. The van der Waals surface area contributed by atoms with E-state index < -0.39 is 0 Å². The van der Waals surface area contributed by atoms with Crippen LogP contribution in [-0.2, 0) is 9.47 Å². The van der Waals surface area contributed by atoms with E-state index in [2.05, 4.69) is 25.7 Å². The number of hydrogen-bond donors (Lipinski definition) is 0. The maximum Gasteiger partial charge on any atom is 0.338 e. The number of anilines is 2. The van der Waals surface area contributed by atoms with Crippen LogP contribution in [0.15, 0.2) is 48.5 Å². The van der Waals surface area contributed by atoms with Crippen molar-refractivity contribution in [3.8, 4) is 0 Å². The number of carbonyl (C=O) groups excluding carboxylic acids is 2. The molecule has 0 unspecified atom stereocenters. The Labute approximate surface area is 199 Å². The average molecular weight is 457 g/mol. The number of carbonyl (C=O) groups is 2. The van der Waals surface area contributed by atoms with Crippen LogP contribution in [0.1, 0.15) is 68.2 Å². The van der Waals surface area contributed by atoms with Gasteiger partial charge in [-0.05, 0) is 82.6 Å². The van der Waals surface area contributed by atoms with Crippen molar-refractivity contribution in [1.82, 2.24) is 0 Å². The minimum Gasteiger partial charge on any atom is -0.462 e. The van der Waals surface area contributed by atoms with Crippen LogP contribution < -0.4 is 9.80 Å². The van der Waals surface area contributed by atoms with Crippen molar-refractivity contribution in [2.24, 2.45) is 0 Å². The number of unbranched alkanes of at least 4 members (excludes halogenated alkanes) is 1. The van der Waals surface area contributed by atoms with E-state index in [1.54, 1.807) is 12.1 Å². The number of hydrogen-bond acceptors (Lipinski definition) is 6. The predicted octanol–water partition coefficient (Wildman–Crippen LogP) is 5.81. The summed E-state index contributed by atoms with van der Waals surface area (Å²) in [5.41, 5.74) is 3.43. The molecule has 182 valence electrons. The average Bonchev–Trinajstić information content (AvgIpc) is 2.80. The van der Waals surface area contributed by atoms with Crippen LogP contribution >= 0.6 is 0 Å². The third kappa shape index (κ3) is 9.98. The van der Waals surface area contributed by atoms with Crippen LogP contribution in [-0.4, -0.2) is 51.8 Å². The Hall–Kier alpha value is -3.02. The smallest absolute Gasteiger partial charge is 0.338 e. The standard InChI is InChI=1S/C14H21NO2.C13H19NO2/c1-5-15(6-2)13-9-7-12(8-10-13)14(16)17-11(3)4;1-4-5-10-16-13(15)11-6-8-12(9-7-11)14(2)3/h7-11H,5-6H2,1-4H3;6-9H,4-5,10H2,1-3H3. The molecule has 0 aliphatic carbocycles. The number of esters is 2. The lowest BCUT2D eigenvalue weighted by Crippen LogP contribution is -2.21. The number of rotatable bonds is 10. The van der Waals surface area contributed by atoms with Crippen molar-refractivity contribution in [3.63, 3.8) is 0 Å². The molecule has 33 heavy (non-hydrogen) atoms. The first-order valence-electron chi connectivity index (χ1n) is 11.7. The Morgan fingerprint density at radius 1 is 0.788 bits per heavy atom. The van der Waals surface area contributed by atoms with Gasteiger partial charge < -0.3 is 19.3 Å². The van der Waals surface area contributed by atoms with Crippen molar-refractivity contribution >= 4 is 23.3 Å². The summed E-state index contributed by atoms with van der Waals surface area (Å²) in [5.74, 6) is -0.496. The molecule has 0 bridgehead atoms. The number of ether oxygens (including phenoxy) is 2. The second-order valence-corrected chi connectivity index (χ2v) is 8.10. The highest BCUT2D eigenvalue weighted by Gasteiger charge is 2.10. The number of benzene rings is 2. The maximum atomic E-state index is 11.6. The predicted molar refractivity (Wildman–Crippen MR) is 137 cm³/mol. The van der Waals surface area contributed by atoms with E-state index in [9.17, 15) is 9.59 Å². The second-order valence-electron chi connectivity index (χ2n) is 8.10. The van der Waals surface area contributed by atoms with Crippen LogP contribution in [0.25, 0.3) is 0 Å². The van der Waals surface area contributed by atoms with Gasteiger partial charge in [0.25, 0.3) is 0 Å². The summed E-state index contributed by atoms with van der Waals surface area (Å²) in [6.45, 7) is 12.4. The van der Waals surface area contributed by atoms with Crippen LogP contribution in [0.5, 0.6) is 0 Å². The Balaban J connectivity index is 0.000000331. The van der Waals surface area contributed by atoms with Gasteiger partial charge >= 0.3 is 11.9 Å². The highest BCUT2D eigenvalue weighted by atomic mass is 16.5. The van der Waals surface area contributed by atoms with E-state index in [4.69, 9.17) is 9.47 Å². The first kappa shape index (κ1) is 28.0. The van der Waals surface area contributed by atoms with Crippen molar-refractivity contribution in [3.05, 3.63) is 59.7 Å². The molecule has 6 heteroatoms. The van der Waals surface area contributed by atoms with E-state index in [1.165, 1.54) is 0 Å². The molecule has 2 aromatic carbocycles. The highest BCUT2D eigenvalue weighted by Crippen LogP contribution is 2.16. The van der Waals surface area contributed by atoms with E-state index in [-0.39, 0.29) is 18.0 Å². The molecule has 0 aromatic heterocycles. The molecule has 0 saturated heterocycles. The molecular weight excluding hydrogens is 416 g/mol. The summed E-state index contributed by atoms with van der Waals surface area (Å²) in [4.78, 5) is 27.4. The van der Waals surface area contributed by atoms with Gasteiger partial charge in [-0.25, -0.2) is 9.59 Å². The summed E-state index contributed by atoms with van der Waals surface area (Å²) < 4.78 is 10.3. The quantitative estimate of drug-likeness (QED) is 0.332. The molecule has 2 aromatic rings. The molecule has 0 aliphatic rings. The minimum atomic E-state index is -0.258. The van der Waals surface area contributed by atoms with E-state index in [0.717, 1.165) is 37.3 Å². The van der Waals surface area contributed by atoms with Crippen LogP contribution in [0.2, 0.25) is 0 Å². The van der Waals surface area contributed by atoms with Gasteiger partial charge in [-0.3, -0.25) is 0 Å². The molecule has 0 spiro atoms. The summed E-state index contributed by atoms with van der Waals surface area (Å²) in [6, 6.07) is 15.0. The van der Waals surface area contributed by atoms with Gasteiger partial charge in [0.2, 0.25) is 0 Å². The largest absolute Gasteiger partial charge is 0.462 e. The van der Waals surface area contributed by atoms with Crippen molar-refractivity contribution in [2.45, 2.75) is 53.6 Å². The lowest BCUT2D eigenvalue weighted by Gasteiger charge is -2.21. The van der Waals surface area contributed by atoms with Gasteiger partial charge in [-0.15, -0.1) is 0 Å². The monoisotopic (exact) mass is 456 g/mol. The zero-order valence-corrected chi connectivity index (χ0v) is 21.3. The molecule has 0 aliphatic heterocycles. The van der Waals surface area contributed by atoms with Gasteiger partial charge in [0.05, 0.1) is 23.8 Å². The Kier molecular flexibility index (Phi) is 12.7. The molecule has 0 amide bonds. The molecule has 0 saturated carbocycles. The van der Waals surface area contributed by atoms with Crippen LogP contribution in [0.4, 0.5) is 11.4 Å². The number of nitrogens with zero attached hydrogens (tertiary/aromatic N) is 2. The fraction of sp³-hybridized carbons (Fsp3) is 0.481. The van der Waals surface area contributed by atoms with Gasteiger partial charge in [-0.2, -0.15) is 0 Å². The highest BCUT2D eigenvalue weighted by molar-refractivity contribution is 5.90. The zero-order valence-electron chi connectivity index (χ0n) is 21.3. The Morgan fingerprint density at radius 3 is 1.70 bits per heavy atom. The summed E-state index contributed by atoms with van der Waals surface area (Å²) in [7, 11) is 3.93. The van der Waals surface area contributed by atoms with Crippen molar-refractivity contribution < 1.29 is 19.1 Å². The summed E-state index contributed by atoms with van der Waals surface area (Å²) in [5, 5.41) is 0. The van der Waals surface area contributed by atoms with E-state index in [1.807, 2.05) is 69.2 Å². The molecule has 0 atom stereocenters. The van der Waals surface area contributed by atoms with Crippen molar-refractivity contribution in [2.75, 3.05) is 43.6 Å². The molecular formula is C27H40N2O4. The summed E-state index contributed by atoms with van der Waals surface area (Å²) in [6.07, 6.45) is 1.87. The Morgan fingerprint density at radius 2 is 1.27 bits per heavy atom. The normalized spacial score (nSPS) is 10.2. The summed E-state index contributed by atoms with van der Waals surface area (Å²) >= 11 is 0. The molecule has 6 nitrogen and oxygen atoms in total. The molecule has 0 fully saturated rings. The SMILES string of the molecule is CCCCOC(=O)c1ccc(N(C)C)cc1.CCN(CC)c1ccc(C(=O)OC(C)C)cc1. The topological polar surface area (TPSA) is 59.1 Å². The third-order valence-electron chi connectivity index (χ3n) is 4.92. The lowest BCUT2D eigenvalue weighted by atomic mass is 10.2. The van der Waals surface area contributed by atoms with Crippen LogP contribution in [0, 0.1) is 0 Å². The van der Waals surface area contributed by atoms with Gasteiger partial charge in [0.1, 0.15) is 0 Å². The van der Waals surface area contributed by atoms with Crippen LogP contribution in [0.3, 0.4) is 0 Å². The minimum absolute atomic E-state index is 0.0787. The molecule has 2 rings (SSSR count). The van der Waals surface area contributed by atoms with E-state index in [0.29, 0.717) is 17.7 Å². The van der Waals surface area contributed by atoms with Gasteiger partial charge in [-0.1, -0.05) is 13.3 Å². The fourth-order valence-electron chi connectivity index (χ4n) is 2.97.